The predicted octanol–water partition coefficient (Wildman–Crippen LogP) is 3.48. The number of pyridine rings is 1. The van der Waals surface area contributed by atoms with Crippen molar-refractivity contribution < 1.29 is 9.36 Å². The van der Waals surface area contributed by atoms with Crippen LogP contribution < -0.4 is 9.88 Å². The Bertz CT molecular complexity index is 432. The Kier molecular flexibility index (Phi) is 6.38. The second kappa shape index (κ2) is 7.58. The Morgan fingerprint density at radius 3 is 2.19 bits per heavy atom. The van der Waals surface area contributed by atoms with Crippen LogP contribution in [0.25, 0.3) is 0 Å². The number of aryl methyl sites for hydroxylation is 1. The van der Waals surface area contributed by atoms with E-state index in [4.69, 9.17) is 0 Å². The van der Waals surface area contributed by atoms with Crippen LogP contribution in [0.15, 0.2) is 30.6 Å². The van der Waals surface area contributed by atoms with Gasteiger partial charge in [0.25, 0.3) is 0 Å². The number of nitrogens with one attached hydrogen (secondary N) is 1. The van der Waals surface area contributed by atoms with Crippen molar-refractivity contribution in [2.24, 2.45) is 5.41 Å². The maximum absolute atomic E-state index is 12.0. The van der Waals surface area contributed by atoms with Gasteiger partial charge in [-0.1, -0.05) is 26.8 Å². The number of unbranched alkanes of at least 4 members (excludes halogenated alkanes) is 1. The van der Waals surface area contributed by atoms with Gasteiger partial charge < -0.3 is 5.32 Å². The molecule has 1 amide bonds. The Labute approximate surface area is 129 Å². The third kappa shape index (κ3) is 8.49. The molecule has 0 aliphatic rings. The van der Waals surface area contributed by atoms with Crippen molar-refractivity contribution in [3.8, 4) is 0 Å². The quantitative estimate of drug-likeness (QED) is 0.605. The normalized spacial score (nSPS) is 12.2. The summed E-state index contributed by atoms with van der Waals surface area (Å²) in [6.07, 6.45) is 7.67. The molecule has 3 heteroatoms. The highest BCUT2D eigenvalue weighted by Crippen LogP contribution is 2.26. The van der Waals surface area contributed by atoms with Gasteiger partial charge in [-0.05, 0) is 32.1 Å². The lowest BCUT2D eigenvalue weighted by Gasteiger charge is -2.33. The number of rotatable bonds is 7. The molecule has 0 spiro atoms. The van der Waals surface area contributed by atoms with Gasteiger partial charge in [0.05, 0.1) is 0 Å². The van der Waals surface area contributed by atoms with Gasteiger partial charge in [0.1, 0.15) is 6.54 Å². The summed E-state index contributed by atoms with van der Waals surface area (Å²) in [6.45, 7) is 11.8. The molecule has 0 atom stereocenters. The summed E-state index contributed by atoms with van der Waals surface area (Å²) in [4.78, 5) is 12.0. The third-order valence-corrected chi connectivity index (χ3v) is 3.30. The molecule has 0 aliphatic carbocycles. The zero-order chi connectivity index (χ0) is 15.9. The van der Waals surface area contributed by atoms with Crippen LogP contribution >= 0.6 is 0 Å². The zero-order valence-electron chi connectivity index (χ0n) is 14.3. The average molecular weight is 291 g/mol. The monoisotopic (exact) mass is 291 g/mol. The van der Waals surface area contributed by atoms with Crippen LogP contribution in [-0.2, 0) is 11.3 Å². The van der Waals surface area contributed by atoms with Crippen LogP contribution in [0.2, 0.25) is 0 Å². The molecular weight excluding hydrogens is 260 g/mol. The molecule has 118 valence electrons. The minimum absolute atomic E-state index is 0.135. The first-order valence-electron chi connectivity index (χ1n) is 7.93. The molecule has 0 bridgehead atoms. The SMILES string of the molecule is CC(C)(C)CC(C)(C)NC(=O)CCCC[n+]1ccccc1. The number of amides is 1. The van der Waals surface area contributed by atoms with Gasteiger partial charge in [-0.3, -0.25) is 4.79 Å². The van der Waals surface area contributed by atoms with Gasteiger partial charge in [-0.25, -0.2) is 4.57 Å². The largest absolute Gasteiger partial charge is 0.351 e. The lowest BCUT2D eigenvalue weighted by molar-refractivity contribution is -0.697. The van der Waals surface area contributed by atoms with Gasteiger partial charge in [0.15, 0.2) is 12.4 Å². The molecule has 0 saturated carbocycles. The Hall–Kier alpha value is -1.38. The molecule has 0 fully saturated rings. The summed E-state index contributed by atoms with van der Waals surface area (Å²) < 4.78 is 2.15. The van der Waals surface area contributed by atoms with Gasteiger partial charge in [0.2, 0.25) is 5.91 Å². The fourth-order valence-corrected chi connectivity index (χ4v) is 2.97. The molecule has 0 unspecified atom stereocenters. The van der Waals surface area contributed by atoms with Crippen molar-refractivity contribution >= 4 is 5.91 Å². The molecule has 0 saturated heterocycles. The van der Waals surface area contributed by atoms with Crippen molar-refractivity contribution in [3.05, 3.63) is 30.6 Å². The lowest BCUT2D eigenvalue weighted by Crippen LogP contribution is -2.45. The summed E-state index contributed by atoms with van der Waals surface area (Å²) in [7, 11) is 0. The fourth-order valence-electron chi connectivity index (χ4n) is 2.97. The molecule has 1 aromatic heterocycles. The second-order valence-electron chi connectivity index (χ2n) is 7.74. The Balaban J connectivity index is 2.25. The van der Waals surface area contributed by atoms with E-state index in [-0.39, 0.29) is 16.9 Å². The van der Waals surface area contributed by atoms with Gasteiger partial charge in [0, 0.05) is 30.5 Å². The van der Waals surface area contributed by atoms with E-state index in [1.54, 1.807) is 0 Å². The first-order chi connectivity index (χ1) is 9.68. The van der Waals surface area contributed by atoms with E-state index in [2.05, 4.69) is 56.9 Å². The van der Waals surface area contributed by atoms with Crippen LogP contribution in [-0.4, -0.2) is 11.4 Å². The minimum Gasteiger partial charge on any atom is -0.351 e. The van der Waals surface area contributed by atoms with E-state index in [0.29, 0.717) is 6.42 Å². The summed E-state index contributed by atoms with van der Waals surface area (Å²) in [5, 5.41) is 3.17. The number of aromatic nitrogens is 1. The highest BCUT2D eigenvalue weighted by molar-refractivity contribution is 5.76. The smallest absolute Gasteiger partial charge is 0.220 e. The van der Waals surface area contributed by atoms with E-state index >= 15 is 0 Å². The molecule has 0 aromatic carbocycles. The van der Waals surface area contributed by atoms with Crippen LogP contribution in [0.3, 0.4) is 0 Å². The standard InChI is InChI=1S/C18H30N2O/c1-17(2,3)15-18(4,5)19-16(21)11-7-10-14-20-12-8-6-9-13-20/h6,8-9,12-13H,7,10-11,14-15H2,1-5H3/p+1. The van der Waals surface area contributed by atoms with Gasteiger partial charge >= 0.3 is 0 Å². The van der Waals surface area contributed by atoms with E-state index in [1.165, 1.54) is 0 Å². The predicted molar refractivity (Wildman–Crippen MR) is 86.8 cm³/mol. The first-order valence-corrected chi connectivity index (χ1v) is 7.93. The van der Waals surface area contributed by atoms with Crippen LogP contribution in [0.4, 0.5) is 0 Å². The van der Waals surface area contributed by atoms with E-state index < -0.39 is 0 Å². The van der Waals surface area contributed by atoms with Crippen LogP contribution in [0, 0.1) is 5.41 Å². The molecule has 21 heavy (non-hydrogen) atoms. The minimum atomic E-state index is -0.135. The van der Waals surface area contributed by atoms with Crippen molar-refractivity contribution in [2.45, 2.75) is 72.4 Å². The molecule has 1 N–H and O–H groups in total. The zero-order valence-corrected chi connectivity index (χ0v) is 14.3. The van der Waals surface area contributed by atoms with E-state index in [1.807, 2.05) is 18.2 Å². The third-order valence-electron chi connectivity index (χ3n) is 3.30. The van der Waals surface area contributed by atoms with Crippen molar-refractivity contribution in [2.75, 3.05) is 0 Å². The lowest BCUT2D eigenvalue weighted by atomic mass is 9.82. The summed E-state index contributed by atoms with van der Waals surface area (Å²) in [5.41, 5.74) is 0.0875. The number of carbonyl (C=O) groups excluding carboxylic acids is 1. The van der Waals surface area contributed by atoms with Crippen LogP contribution in [0.5, 0.6) is 0 Å². The van der Waals surface area contributed by atoms with Crippen molar-refractivity contribution in [1.29, 1.82) is 0 Å². The second-order valence-corrected chi connectivity index (χ2v) is 7.74. The molecule has 1 rings (SSSR count). The topological polar surface area (TPSA) is 33.0 Å². The Morgan fingerprint density at radius 2 is 1.62 bits per heavy atom. The maximum Gasteiger partial charge on any atom is 0.220 e. The van der Waals surface area contributed by atoms with Crippen molar-refractivity contribution in [1.82, 2.24) is 5.32 Å². The van der Waals surface area contributed by atoms with E-state index in [9.17, 15) is 4.79 Å². The summed E-state index contributed by atoms with van der Waals surface area (Å²) in [6, 6.07) is 6.07. The number of carbonyl (C=O) groups is 1. The summed E-state index contributed by atoms with van der Waals surface area (Å²) in [5.74, 6) is 0.169. The number of hydrogen-bond donors (Lipinski definition) is 1. The van der Waals surface area contributed by atoms with Gasteiger partial charge in [-0.2, -0.15) is 0 Å². The summed E-state index contributed by atoms with van der Waals surface area (Å²) >= 11 is 0. The van der Waals surface area contributed by atoms with E-state index in [0.717, 1.165) is 25.8 Å². The number of hydrogen-bond acceptors (Lipinski definition) is 1. The average Bonchev–Trinajstić information content (AvgIpc) is 2.32. The fraction of sp³-hybridized carbons (Fsp3) is 0.667. The molecular formula is C18H31N2O+. The number of nitrogens with zero attached hydrogens (tertiary/aromatic N) is 1. The van der Waals surface area contributed by atoms with Crippen molar-refractivity contribution in [3.63, 3.8) is 0 Å². The highest BCUT2D eigenvalue weighted by Gasteiger charge is 2.26. The maximum atomic E-state index is 12.0. The molecule has 1 heterocycles. The first kappa shape index (κ1) is 17.7. The van der Waals surface area contributed by atoms with Crippen LogP contribution in [0.1, 0.15) is 60.3 Å². The highest BCUT2D eigenvalue weighted by atomic mass is 16.1. The van der Waals surface area contributed by atoms with Gasteiger partial charge in [-0.15, -0.1) is 0 Å². The Morgan fingerprint density at radius 1 is 1.00 bits per heavy atom. The molecule has 1 aromatic rings. The molecule has 3 nitrogen and oxygen atoms in total. The molecule has 0 radical (unpaired) electrons. The molecule has 0 aliphatic heterocycles.